The Bertz CT molecular complexity index is 636. The molecule has 0 radical (unpaired) electrons. The van der Waals surface area contributed by atoms with Crippen LogP contribution < -0.4 is 0 Å². The summed E-state index contributed by atoms with van der Waals surface area (Å²) in [6.45, 7) is 1.98. The second kappa shape index (κ2) is 7.77. The molecule has 0 nitrogen and oxygen atoms in total. The molecule has 0 saturated heterocycles. The van der Waals surface area contributed by atoms with E-state index in [1.807, 2.05) is 6.92 Å². The van der Waals surface area contributed by atoms with Gasteiger partial charge in [0, 0.05) is 5.48 Å². The van der Waals surface area contributed by atoms with E-state index in [-0.39, 0.29) is 11.8 Å². The molecule has 2 saturated carbocycles. The van der Waals surface area contributed by atoms with Gasteiger partial charge >= 0.3 is 0 Å². The number of hydrogen-bond donors (Lipinski definition) is 0. The number of rotatable bonds is 4. The van der Waals surface area contributed by atoms with Crippen molar-refractivity contribution in [3.63, 3.8) is 0 Å². The average molecular weight is 324 g/mol. The Hall–Kier alpha value is -0.920. The van der Waals surface area contributed by atoms with Gasteiger partial charge in [0.2, 0.25) is 0 Å². The first kappa shape index (κ1) is 12.4. The van der Waals surface area contributed by atoms with Crippen molar-refractivity contribution in [2.24, 2.45) is 17.8 Å². The molecule has 128 valence electrons. The molecule has 0 aromatic heterocycles. The molecule has 2 fully saturated rings. The second-order valence-electron chi connectivity index (χ2n) is 7.20. The van der Waals surface area contributed by atoms with Gasteiger partial charge in [-0.25, -0.2) is 8.78 Å². The van der Waals surface area contributed by atoms with E-state index in [9.17, 15) is 8.78 Å². The van der Waals surface area contributed by atoms with Crippen LogP contribution in [0.15, 0.2) is 18.2 Å². The Morgan fingerprint density at radius 3 is 2.22 bits per heavy atom. The maximum absolute atomic E-state index is 13.5. The predicted octanol–water partition coefficient (Wildman–Crippen LogP) is 6.85. The zero-order chi connectivity index (χ0) is 19.8. The first-order valence-electron chi connectivity index (χ1n) is 11.1. The van der Waals surface area contributed by atoms with Gasteiger partial charge in [-0.05, 0) is 79.9 Å². The molecule has 0 heterocycles. The van der Waals surface area contributed by atoms with Gasteiger partial charge in [0.05, 0.1) is 0 Å². The molecule has 0 amide bonds. The Balaban J connectivity index is 1.65. The van der Waals surface area contributed by atoms with E-state index in [1.165, 1.54) is 12.1 Å². The van der Waals surface area contributed by atoms with Crippen molar-refractivity contribution in [3.05, 3.63) is 35.4 Å². The van der Waals surface area contributed by atoms with Crippen molar-refractivity contribution >= 4 is 0 Å². The van der Waals surface area contributed by atoms with Crippen LogP contribution >= 0.6 is 0 Å². The summed E-state index contributed by atoms with van der Waals surface area (Å²) in [6, 6.07) is 4.15. The smallest absolute Gasteiger partial charge is 0.159 e. The van der Waals surface area contributed by atoms with Crippen LogP contribution in [0, 0.1) is 29.4 Å². The zero-order valence-corrected chi connectivity index (χ0v) is 14.0. The molecule has 0 N–H and O–H groups in total. The fraction of sp³-hybridized carbons (Fsp3) is 0.714. The van der Waals surface area contributed by atoms with Crippen molar-refractivity contribution < 1.29 is 14.3 Å². The lowest BCUT2D eigenvalue weighted by Crippen LogP contribution is -2.25. The van der Waals surface area contributed by atoms with Crippen molar-refractivity contribution in [2.45, 2.75) is 77.0 Å². The maximum Gasteiger partial charge on any atom is 0.159 e. The van der Waals surface area contributed by atoms with Gasteiger partial charge in [0.15, 0.2) is 11.6 Å². The molecular weight excluding hydrogens is 290 g/mol. The summed E-state index contributed by atoms with van der Waals surface area (Å²) >= 11 is 0. The highest BCUT2D eigenvalue weighted by Crippen LogP contribution is 2.44. The van der Waals surface area contributed by atoms with E-state index in [2.05, 4.69) is 0 Å². The molecule has 2 heteroatoms. The SMILES string of the molecule is [2H]C1([2H])C[C@H](C2CCC(c3ccc(F)c(F)c3)CC2)CC([2H])([2H])[C@H]1CCC. The molecule has 0 atom stereocenters. The quantitative estimate of drug-likeness (QED) is 0.568. The Kier molecular flexibility index (Phi) is 4.20. The number of benzene rings is 1. The topological polar surface area (TPSA) is 0 Å². The first-order valence-corrected chi connectivity index (χ1v) is 9.09. The minimum atomic E-state index is -1.46. The Morgan fingerprint density at radius 2 is 1.61 bits per heavy atom. The summed E-state index contributed by atoms with van der Waals surface area (Å²) in [5, 5.41) is 0. The third-order valence-corrected chi connectivity index (χ3v) is 5.68. The molecule has 1 aromatic rings. The Labute approximate surface area is 145 Å². The van der Waals surface area contributed by atoms with Crippen LogP contribution in [-0.2, 0) is 0 Å². The first-order chi connectivity index (χ1) is 12.6. The number of halogens is 2. The van der Waals surface area contributed by atoms with Crippen molar-refractivity contribution in [3.8, 4) is 0 Å². The largest absolute Gasteiger partial charge is 0.204 e. The van der Waals surface area contributed by atoms with Crippen molar-refractivity contribution in [1.29, 1.82) is 0 Å². The predicted molar refractivity (Wildman–Crippen MR) is 91.4 cm³/mol. The molecule has 0 aliphatic heterocycles. The third-order valence-electron chi connectivity index (χ3n) is 5.68. The van der Waals surface area contributed by atoms with E-state index >= 15 is 0 Å². The molecule has 0 spiro atoms. The third kappa shape index (κ3) is 4.14. The highest BCUT2D eigenvalue weighted by Gasteiger charge is 2.31. The zero-order valence-electron chi connectivity index (χ0n) is 18.0. The average Bonchev–Trinajstić information content (AvgIpc) is 2.60. The highest BCUT2D eigenvalue weighted by atomic mass is 19.2. The fourth-order valence-electron chi connectivity index (χ4n) is 4.25. The van der Waals surface area contributed by atoms with E-state index < -0.39 is 30.3 Å². The van der Waals surface area contributed by atoms with Crippen LogP contribution in [0.1, 0.15) is 88.0 Å². The normalized spacial score (nSPS) is 38.9. The Morgan fingerprint density at radius 1 is 0.957 bits per heavy atom. The van der Waals surface area contributed by atoms with Crippen LogP contribution in [0.2, 0.25) is 0 Å². The summed E-state index contributed by atoms with van der Waals surface area (Å²) < 4.78 is 60.5. The molecule has 0 unspecified atom stereocenters. The lowest BCUT2D eigenvalue weighted by atomic mass is 9.68. The van der Waals surface area contributed by atoms with E-state index in [0.717, 1.165) is 37.7 Å². The standard InChI is InChI=1S/C21H30F2/c1-2-3-15-4-6-16(7-5-15)17-8-10-18(11-9-17)19-12-13-20(22)21(23)14-19/h12-18H,2-11H2,1H3/t15-,16-,17?,18?/i4D2,5D2. The summed E-state index contributed by atoms with van der Waals surface area (Å²) in [6.07, 6.45) is 2.91. The van der Waals surface area contributed by atoms with Crippen molar-refractivity contribution in [1.82, 2.24) is 0 Å². The van der Waals surface area contributed by atoms with Crippen molar-refractivity contribution in [2.75, 3.05) is 0 Å². The lowest BCUT2D eigenvalue weighted by molar-refractivity contribution is 0.156. The van der Waals surface area contributed by atoms with Gasteiger partial charge in [-0.15, -0.1) is 0 Å². The maximum atomic E-state index is 13.5. The molecular formula is C21H30F2. The summed E-state index contributed by atoms with van der Waals surface area (Å²) in [4.78, 5) is 0. The van der Waals surface area contributed by atoms with Gasteiger partial charge in [-0.3, -0.25) is 0 Å². The minimum absolute atomic E-state index is 0.0639. The molecule has 1 aromatic carbocycles. The molecule has 2 aliphatic carbocycles. The molecule has 0 bridgehead atoms. The van der Waals surface area contributed by atoms with Gasteiger partial charge in [0.1, 0.15) is 0 Å². The van der Waals surface area contributed by atoms with Gasteiger partial charge in [0.25, 0.3) is 0 Å². The molecule has 23 heavy (non-hydrogen) atoms. The van der Waals surface area contributed by atoms with Crippen LogP contribution in [-0.4, -0.2) is 0 Å². The number of hydrogen-bond acceptors (Lipinski definition) is 0. The van der Waals surface area contributed by atoms with Gasteiger partial charge < -0.3 is 0 Å². The summed E-state index contributed by atoms with van der Waals surface area (Å²) in [5.41, 5.74) is 0.838. The van der Waals surface area contributed by atoms with Gasteiger partial charge in [-0.1, -0.05) is 38.6 Å². The summed E-state index contributed by atoms with van der Waals surface area (Å²) in [5.74, 6) is -1.55. The van der Waals surface area contributed by atoms with E-state index in [0.29, 0.717) is 25.2 Å². The highest BCUT2D eigenvalue weighted by molar-refractivity contribution is 5.22. The molecule has 3 rings (SSSR count). The van der Waals surface area contributed by atoms with Crippen LogP contribution in [0.3, 0.4) is 0 Å². The monoisotopic (exact) mass is 324 g/mol. The summed E-state index contributed by atoms with van der Waals surface area (Å²) in [7, 11) is 0. The van der Waals surface area contributed by atoms with Crippen LogP contribution in [0.25, 0.3) is 0 Å². The van der Waals surface area contributed by atoms with Crippen LogP contribution in [0.5, 0.6) is 0 Å². The second-order valence-corrected chi connectivity index (χ2v) is 7.20. The lowest BCUT2D eigenvalue weighted by Gasteiger charge is -2.38. The fourth-order valence-corrected chi connectivity index (χ4v) is 4.25. The van der Waals surface area contributed by atoms with E-state index in [1.54, 1.807) is 6.07 Å². The van der Waals surface area contributed by atoms with Crippen LogP contribution in [0.4, 0.5) is 8.78 Å². The van der Waals surface area contributed by atoms with Gasteiger partial charge in [-0.2, -0.15) is 0 Å². The van der Waals surface area contributed by atoms with E-state index in [4.69, 9.17) is 5.48 Å². The molecule has 2 aliphatic rings. The minimum Gasteiger partial charge on any atom is -0.204 e.